The summed E-state index contributed by atoms with van der Waals surface area (Å²) in [5, 5.41) is 6.70. The van der Waals surface area contributed by atoms with Crippen LogP contribution in [0.25, 0.3) is 22.2 Å². The van der Waals surface area contributed by atoms with Crippen LogP contribution in [0, 0.1) is 0 Å². The van der Waals surface area contributed by atoms with Gasteiger partial charge in [-0.3, -0.25) is 5.10 Å². The first-order valence-corrected chi connectivity index (χ1v) is 6.39. The van der Waals surface area contributed by atoms with E-state index in [0.717, 1.165) is 0 Å². The zero-order valence-electron chi connectivity index (χ0n) is 11.6. The molecule has 0 saturated heterocycles. The predicted molar refractivity (Wildman–Crippen MR) is 77.5 cm³/mol. The van der Waals surface area contributed by atoms with E-state index in [1.165, 1.54) is 12.3 Å². The number of nitrogens with one attached hydrogen (secondary N) is 1. The fourth-order valence-corrected chi connectivity index (χ4v) is 2.10. The maximum absolute atomic E-state index is 12.4. The number of fused-ring (bicyclic) bond motifs is 1. The first kappa shape index (κ1) is 14.9. The van der Waals surface area contributed by atoms with Crippen molar-refractivity contribution in [3.05, 3.63) is 24.4 Å². The summed E-state index contributed by atoms with van der Waals surface area (Å²) in [6.45, 7) is -1.44. The number of ether oxygens (including phenoxy) is 1. The number of hydrogen-bond acceptors (Lipinski definition) is 6. The Labute approximate surface area is 127 Å². The number of nitrogens with two attached hydrogens (primary N) is 2. The van der Waals surface area contributed by atoms with Crippen molar-refractivity contribution in [3.8, 4) is 17.0 Å². The van der Waals surface area contributed by atoms with Crippen molar-refractivity contribution in [1.82, 2.24) is 20.2 Å². The van der Waals surface area contributed by atoms with E-state index >= 15 is 0 Å². The van der Waals surface area contributed by atoms with Crippen molar-refractivity contribution in [3.63, 3.8) is 0 Å². The SMILES string of the molecule is Nc1nccc(-c2cc(OCC(F)(F)F)c3c(N)n[nH]c3c2)n1. The van der Waals surface area contributed by atoms with Crippen LogP contribution in [-0.4, -0.2) is 32.9 Å². The molecule has 120 valence electrons. The van der Waals surface area contributed by atoms with Crippen molar-refractivity contribution < 1.29 is 17.9 Å². The highest BCUT2D eigenvalue weighted by Gasteiger charge is 2.29. The second-order valence-electron chi connectivity index (χ2n) is 4.71. The molecule has 0 atom stereocenters. The lowest BCUT2D eigenvalue weighted by molar-refractivity contribution is -0.153. The molecule has 5 N–H and O–H groups in total. The minimum Gasteiger partial charge on any atom is -0.483 e. The highest BCUT2D eigenvalue weighted by atomic mass is 19.4. The van der Waals surface area contributed by atoms with E-state index in [1.54, 1.807) is 12.1 Å². The summed E-state index contributed by atoms with van der Waals surface area (Å²) in [5.41, 5.74) is 12.6. The number of alkyl halides is 3. The minimum atomic E-state index is -4.47. The Morgan fingerprint density at radius 3 is 2.70 bits per heavy atom. The summed E-state index contributed by atoms with van der Waals surface area (Å²) in [6, 6.07) is 4.62. The molecule has 0 radical (unpaired) electrons. The quantitative estimate of drug-likeness (QED) is 0.679. The lowest BCUT2D eigenvalue weighted by Gasteiger charge is -2.12. The molecule has 3 rings (SSSR count). The zero-order valence-corrected chi connectivity index (χ0v) is 11.6. The summed E-state index contributed by atoms with van der Waals surface area (Å²) in [7, 11) is 0. The molecule has 1 aromatic carbocycles. The van der Waals surface area contributed by atoms with Gasteiger partial charge in [-0.1, -0.05) is 0 Å². The van der Waals surface area contributed by atoms with Gasteiger partial charge >= 0.3 is 6.18 Å². The van der Waals surface area contributed by atoms with Gasteiger partial charge in [-0.2, -0.15) is 18.3 Å². The normalized spacial score (nSPS) is 11.8. The maximum Gasteiger partial charge on any atom is 0.422 e. The van der Waals surface area contributed by atoms with E-state index in [-0.39, 0.29) is 22.9 Å². The van der Waals surface area contributed by atoms with Crippen LogP contribution < -0.4 is 16.2 Å². The Morgan fingerprint density at radius 1 is 1.22 bits per heavy atom. The molecule has 0 aliphatic carbocycles. The van der Waals surface area contributed by atoms with Crippen LogP contribution in [0.1, 0.15) is 0 Å². The van der Waals surface area contributed by atoms with Crippen molar-refractivity contribution in [2.45, 2.75) is 6.18 Å². The molecular formula is C13H11F3N6O. The van der Waals surface area contributed by atoms with Crippen molar-refractivity contribution in [2.75, 3.05) is 18.1 Å². The number of anilines is 2. The van der Waals surface area contributed by atoms with Crippen molar-refractivity contribution in [2.24, 2.45) is 0 Å². The third kappa shape index (κ3) is 3.10. The fraction of sp³-hybridized carbons (Fsp3) is 0.154. The smallest absolute Gasteiger partial charge is 0.422 e. The van der Waals surface area contributed by atoms with Gasteiger partial charge in [0.1, 0.15) is 5.75 Å². The molecule has 0 spiro atoms. The van der Waals surface area contributed by atoms with Crippen molar-refractivity contribution >= 4 is 22.7 Å². The highest BCUT2D eigenvalue weighted by Crippen LogP contribution is 2.35. The molecule has 0 unspecified atom stereocenters. The van der Waals surface area contributed by atoms with E-state index in [1.807, 2.05) is 0 Å². The average Bonchev–Trinajstić information content (AvgIpc) is 2.86. The molecule has 3 aromatic rings. The number of benzene rings is 1. The van der Waals surface area contributed by atoms with Gasteiger partial charge in [-0.25, -0.2) is 9.97 Å². The van der Waals surface area contributed by atoms with E-state index in [9.17, 15) is 13.2 Å². The minimum absolute atomic E-state index is 0.0433. The van der Waals surface area contributed by atoms with Crippen LogP contribution in [-0.2, 0) is 0 Å². The van der Waals surface area contributed by atoms with E-state index in [0.29, 0.717) is 16.8 Å². The maximum atomic E-state index is 12.4. The molecule has 0 fully saturated rings. The molecule has 2 heterocycles. The monoisotopic (exact) mass is 324 g/mol. The molecule has 0 aliphatic heterocycles. The number of nitrogen functional groups attached to an aromatic ring is 2. The number of halogens is 3. The molecular weight excluding hydrogens is 313 g/mol. The number of rotatable bonds is 3. The summed E-state index contributed by atoms with van der Waals surface area (Å²) in [6.07, 6.45) is -3.03. The third-order valence-corrected chi connectivity index (χ3v) is 3.02. The second kappa shape index (κ2) is 5.30. The van der Waals surface area contributed by atoms with Crippen LogP contribution in [0.5, 0.6) is 5.75 Å². The lowest BCUT2D eigenvalue weighted by atomic mass is 10.1. The third-order valence-electron chi connectivity index (χ3n) is 3.02. The standard InChI is InChI=1S/C13H11F3N6O/c14-13(15,16)5-23-9-4-6(7-1-2-19-12(18)20-7)3-8-10(9)11(17)22-21-8/h1-4H,5H2,(H3,17,21,22)(H2,18,19,20). The van der Waals surface area contributed by atoms with Gasteiger partial charge in [0.05, 0.1) is 16.6 Å². The summed E-state index contributed by atoms with van der Waals surface area (Å²) in [4.78, 5) is 7.80. The van der Waals surface area contributed by atoms with Crippen LogP contribution in [0.4, 0.5) is 24.9 Å². The number of H-pyrrole nitrogens is 1. The first-order valence-electron chi connectivity index (χ1n) is 6.39. The Morgan fingerprint density at radius 2 is 2.00 bits per heavy atom. The van der Waals surface area contributed by atoms with Gasteiger partial charge in [0.15, 0.2) is 12.4 Å². The molecule has 0 aliphatic rings. The van der Waals surface area contributed by atoms with Crippen molar-refractivity contribution in [1.29, 1.82) is 0 Å². The molecule has 0 saturated carbocycles. The van der Waals surface area contributed by atoms with Gasteiger partial charge < -0.3 is 16.2 Å². The summed E-state index contributed by atoms with van der Waals surface area (Å²) in [5.74, 6) is 0.0497. The van der Waals surface area contributed by atoms with Gasteiger partial charge in [-0.15, -0.1) is 0 Å². The molecule has 10 heteroatoms. The van der Waals surface area contributed by atoms with Crippen LogP contribution >= 0.6 is 0 Å². The van der Waals surface area contributed by atoms with Gasteiger partial charge in [0, 0.05) is 11.8 Å². The fourth-order valence-electron chi connectivity index (χ4n) is 2.10. The van der Waals surface area contributed by atoms with Gasteiger partial charge in [0.2, 0.25) is 5.95 Å². The summed E-state index contributed by atoms with van der Waals surface area (Å²) >= 11 is 0. The topological polar surface area (TPSA) is 116 Å². The van der Waals surface area contributed by atoms with Crippen LogP contribution in [0.2, 0.25) is 0 Å². The molecule has 23 heavy (non-hydrogen) atoms. The average molecular weight is 324 g/mol. The zero-order chi connectivity index (χ0) is 16.6. The van der Waals surface area contributed by atoms with Gasteiger partial charge in [-0.05, 0) is 18.2 Å². The molecule has 2 aromatic heterocycles. The number of aromatic nitrogens is 4. The van der Waals surface area contributed by atoms with E-state index < -0.39 is 12.8 Å². The van der Waals surface area contributed by atoms with E-state index in [4.69, 9.17) is 16.2 Å². The van der Waals surface area contributed by atoms with Crippen LogP contribution in [0.3, 0.4) is 0 Å². The molecule has 0 bridgehead atoms. The summed E-state index contributed by atoms with van der Waals surface area (Å²) < 4.78 is 42.2. The van der Waals surface area contributed by atoms with E-state index in [2.05, 4.69) is 20.2 Å². The van der Waals surface area contributed by atoms with Gasteiger partial charge in [0.25, 0.3) is 0 Å². The van der Waals surface area contributed by atoms with Crippen LogP contribution in [0.15, 0.2) is 24.4 Å². The number of hydrogen-bond donors (Lipinski definition) is 3. The highest BCUT2D eigenvalue weighted by molar-refractivity contribution is 5.97. The lowest BCUT2D eigenvalue weighted by Crippen LogP contribution is -2.19. The largest absolute Gasteiger partial charge is 0.483 e. The Kier molecular flexibility index (Phi) is 3.43. The first-order chi connectivity index (χ1) is 10.8. The second-order valence-corrected chi connectivity index (χ2v) is 4.71. The predicted octanol–water partition coefficient (Wildman–Crippen LogP) is 2.13. The Balaban J connectivity index is 2.10. The Hall–Kier alpha value is -3.04. The number of aromatic amines is 1. The number of nitrogens with zero attached hydrogens (tertiary/aromatic N) is 3. The molecule has 7 nitrogen and oxygen atoms in total. The molecule has 0 amide bonds. The Bertz CT molecular complexity index is 861.